The maximum absolute atomic E-state index is 13.2. The molecule has 0 amide bonds. The molecule has 0 saturated carbocycles. The van der Waals surface area contributed by atoms with Gasteiger partial charge in [-0.1, -0.05) is 13.3 Å². The van der Waals surface area contributed by atoms with Crippen LogP contribution in [0.5, 0.6) is 6.01 Å². The van der Waals surface area contributed by atoms with Crippen LogP contribution in [0.4, 0.5) is 19.0 Å². The molecular weight excluding hydrogens is 483 g/mol. The number of halogens is 3. The Labute approximate surface area is 191 Å². The van der Waals surface area contributed by atoms with Crippen LogP contribution in [0, 0.1) is 0 Å². The van der Waals surface area contributed by atoms with E-state index in [-0.39, 0.29) is 44.6 Å². The fourth-order valence-electron chi connectivity index (χ4n) is 3.53. The van der Waals surface area contributed by atoms with Gasteiger partial charge in [0, 0.05) is 24.5 Å². The highest BCUT2D eigenvalue weighted by molar-refractivity contribution is 7.88. The minimum absolute atomic E-state index is 0.0223. The third-order valence-electron chi connectivity index (χ3n) is 4.90. The van der Waals surface area contributed by atoms with Gasteiger partial charge in [0.25, 0.3) is 0 Å². The van der Waals surface area contributed by atoms with E-state index in [1.807, 2.05) is 11.0 Å². The molecular formula is C18H22F3N7O3S2. The van der Waals surface area contributed by atoms with E-state index >= 15 is 0 Å². The third kappa shape index (κ3) is 5.35. The first-order valence-corrected chi connectivity index (χ1v) is 12.9. The van der Waals surface area contributed by atoms with Crippen molar-refractivity contribution in [2.45, 2.75) is 39.0 Å². The van der Waals surface area contributed by atoms with Crippen LogP contribution in [0.25, 0.3) is 10.2 Å². The van der Waals surface area contributed by atoms with Crippen LogP contribution in [-0.2, 0) is 35.7 Å². The Bertz CT molecular complexity index is 1260. The number of hydrogen-bond donors (Lipinski definition) is 1. The van der Waals surface area contributed by atoms with Gasteiger partial charge in [0.1, 0.15) is 17.3 Å². The molecule has 4 heterocycles. The van der Waals surface area contributed by atoms with Gasteiger partial charge in [-0.2, -0.15) is 23.1 Å². The minimum atomic E-state index is -4.57. The van der Waals surface area contributed by atoms with Crippen LogP contribution < -0.4 is 14.4 Å². The highest BCUT2D eigenvalue weighted by Gasteiger charge is 2.39. The fraction of sp³-hybridized carbons (Fsp3) is 0.556. The number of fused-ring (bicyclic) bond motifs is 2. The number of nitrogens with one attached hydrogen (secondary N) is 1. The number of rotatable bonds is 8. The lowest BCUT2D eigenvalue weighted by molar-refractivity contribution is -0.147. The van der Waals surface area contributed by atoms with Crippen molar-refractivity contribution >= 4 is 37.4 Å². The molecule has 0 spiro atoms. The van der Waals surface area contributed by atoms with Gasteiger partial charge >= 0.3 is 12.2 Å². The highest BCUT2D eigenvalue weighted by atomic mass is 32.2. The Balaban J connectivity index is 1.63. The zero-order chi connectivity index (χ0) is 23.8. The molecule has 0 fully saturated rings. The first-order chi connectivity index (χ1) is 15.5. The zero-order valence-electron chi connectivity index (χ0n) is 17.9. The van der Waals surface area contributed by atoms with E-state index in [1.165, 1.54) is 11.3 Å². The first-order valence-electron chi connectivity index (χ1n) is 10.2. The molecule has 0 bridgehead atoms. The number of ether oxygens (including phenoxy) is 1. The summed E-state index contributed by atoms with van der Waals surface area (Å²) in [7, 11) is -3.35. The molecule has 0 aliphatic carbocycles. The van der Waals surface area contributed by atoms with Gasteiger partial charge in [-0.05, 0) is 12.5 Å². The second kappa shape index (κ2) is 9.02. The molecule has 1 N–H and O–H groups in total. The molecule has 1 aliphatic rings. The van der Waals surface area contributed by atoms with Crippen LogP contribution in [0.15, 0.2) is 6.07 Å². The topological polar surface area (TPSA) is 115 Å². The molecule has 3 aromatic heterocycles. The molecule has 0 radical (unpaired) electrons. The summed E-state index contributed by atoms with van der Waals surface area (Å²) in [5, 5.41) is 7.85. The van der Waals surface area contributed by atoms with Crippen molar-refractivity contribution in [2.75, 3.05) is 30.9 Å². The Morgan fingerprint density at radius 3 is 2.73 bits per heavy atom. The summed E-state index contributed by atoms with van der Waals surface area (Å²) >= 11 is 1.50. The monoisotopic (exact) mass is 505 g/mol. The highest BCUT2D eigenvalue weighted by Crippen LogP contribution is 2.35. The summed E-state index contributed by atoms with van der Waals surface area (Å²) in [6.45, 7) is 2.57. The van der Waals surface area contributed by atoms with E-state index in [0.717, 1.165) is 33.9 Å². The molecule has 0 atom stereocenters. The largest absolute Gasteiger partial charge is 0.462 e. The molecule has 0 aromatic carbocycles. The third-order valence-corrected chi connectivity index (χ3v) is 6.72. The lowest BCUT2D eigenvalue weighted by Crippen LogP contribution is -2.36. The average molecular weight is 506 g/mol. The summed E-state index contributed by atoms with van der Waals surface area (Å²) in [5.74, 6) is -0.273. The number of alkyl halides is 3. The summed E-state index contributed by atoms with van der Waals surface area (Å²) < 4.78 is 70.9. The van der Waals surface area contributed by atoms with Crippen molar-refractivity contribution in [3.8, 4) is 6.01 Å². The van der Waals surface area contributed by atoms with E-state index in [4.69, 9.17) is 4.74 Å². The lowest BCUT2D eigenvalue weighted by atomic mass is 10.2. The number of nitrogens with zero attached hydrogens (tertiary/aromatic N) is 6. The van der Waals surface area contributed by atoms with Crippen molar-refractivity contribution in [1.82, 2.24) is 29.5 Å². The van der Waals surface area contributed by atoms with Crippen LogP contribution >= 0.6 is 11.3 Å². The van der Waals surface area contributed by atoms with E-state index < -0.39 is 22.0 Å². The van der Waals surface area contributed by atoms with Crippen molar-refractivity contribution < 1.29 is 26.3 Å². The number of aromatic nitrogens is 5. The molecule has 0 unspecified atom stereocenters. The number of aryl methyl sites for hydroxylation is 1. The summed E-state index contributed by atoms with van der Waals surface area (Å²) in [4.78, 5) is 12.6. The molecule has 33 heavy (non-hydrogen) atoms. The standard InChI is InChI=1S/C18H22F3N7O3S2/c1-3-4-11-9-12-14(23-17(24-15(12)32-11)31-8-5-22-33(2,29)30)27-6-7-28-13(10-27)25-26-16(28)18(19,20)21/h9,22H,3-8,10H2,1-2H3. The predicted octanol–water partition coefficient (Wildman–Crippen LogP) is 2.20. The van der Waals surface area contributed by atoms with Gasteiger partial charge < -0.3 is 14.2 Å². The Hall–Kier alpha value is -2.52. The first kappa shape index (κ1) is 23.6. The molecule has 4 rings (SSSR count). The van der Waals surface area contributed by atoms with Gasteiger partial charge in [0.15, 0.2) is 5.82 Å². The second-order valence-corrected chi connectivity index (χ2v) is 10.5. The molecule has 10 nitrogen and oxygen atoms in total. The number of thiophene rings is 1. The van der Waals surface area contributed by atoms with Gasteiger partial charge in [-0.15, -0.1) is 21.5 Å². The van der Waals surface area contributed by atoms with Gasteiger partial charge in [-0.3, -0.25) is 0 Å². The van der Waals surface area contributed by atoms with Gasteiger partial charge in [0.2, 0.25) is 15.8 Å². The smallest absolute Gasteiger partial charge is 0.451 e. The van der Waals surface area contributed by atoms with E-state index in [2.05, 4.69) is 31.8 Å². The molecule has 15 heteroatoms. The van der Waals surface area contributed by atoms with Gasteiger partial charge in [-0.25, -0.2) is 13.1 Å². The second-order valence-electron chi connectivity index (χ2n) is 7.54. The van der Waals surface area contributed by atoms with Crippen LogP contribution in [0.2, 0.25) is 0 Å². The fourth-order valence-corrected chi connectivity index (χ4v) is 5.10. The molecule has 0 saturated heterocycles. The minimum Gasteiger partial charge on any atom is -0.462 e. The Morgan fingerprint density at radius 1 is 1.24 bits per heavy atom. The number of sulfonamides is 1. The maximum atomic E-state index is 13.2. The van der Waals surface area contributed by atoms with E-state index in [9.17, 15) is 21.6 Å². The number of hydrogen-bond acceptors (Lipinski definition) is 9. The normalized spacial score (nSPS) is 14.6. The van der Waals surface area contributed by atoms with Crippen molar-refractivity contribution in [3.05, 3.63) is 22.6 Å². The molecule has 1 aliphatic heterocycles. The maximum Gasteiger partial charge on any atom is 0.451 e. The molecule has 3 aromatic rings. The van der Waals surface area contributed by atoms with Crippen molar-refractivity contribution in [2.24, 2.45) is 0 Å². The SMILES string of the molecule is CCCc1cc2c(N3CCn4c(nnc4C(F)(F)F)C3)nc(OCCNS(C)(=O)=O)nc2s1. The zero-order valence-corrected chi connectivity index (χ0v) is 19.5. The van der Waals surface area contributed by atoms with Crippen LogP contribution in [0.1, 0.15) is 29.9 Å². The summed E-state index contributed by atoms with van der Waals surface area (Å²) in [6, 6.07) is 2.06. The number of anilines is 1. The van der Waals surface area contributed by atoms with E-state index in [0.29, 0.717) is 10.6 Å². The summed E-state index contributed by atoms with van der Waals surface area (Å²) in [5.41, 5.74) is 0. The van der Waals surface area contributed by atoms with E-state index in [1.54, 1.807) is 0 Å². The predicted molar refractivity (Wildman–Crippen MR) is 116 cm³/mol. The van der Waals surface area contributed by atoms with Gasteiger partial charge in [0.05, 0.1) is 18.2 Å². The van der Waals surface area contributed by atoms with Crippen LogP contribution in [-0.4, -0.2) is 59.1 Å². The Morgan fingerprint density at radius 2 is 2.03 bits per heavy atom. The quantitative estimate of drug-likeness (QED) is 0.464. The molecule has 180 valence electrons. The Kier molecular flexibility index (Phi) is 6.46. The van der Waals surface area contributed by atoms with Crippen molar-refractivity contribution in [1.29, 1.82) is 0 Å². The van der Waals surface area contributed by atoms with Crippen LogP contribution in [0.3, 0.4) is 0 Å². The summed E-state index contributed by atoms with van der Waals surface area (Å²) in [6.07, 6.45) is -1.71. The average Bonchev–Trinajstić information content (AvgIpc) is 3.33. The lowest BCUT2D eigenvalue weighted by Gasteiger charge is -2.29. The van der Waals surface area contributed by atoms with Crippen molar-refractivity contribution in [3.63, 3.8) is 0 Å².